The summed E-state index contributed by atoms with van der Waals surface area (Å²) in [6.45, 7) is 26.2. The van der Waals surface area contributed by atoms with E-state index in [2.05, 4.69) is 85.9 Å². The summed E-state index contributed by atoms with van der Waals surface area (Å²) < 4.78 is 25.7. The van der Waals surface area contributed by atoms with E-state index < -0.39 is 16.6 Å². The minimum absolute atomic E-state index is 0.115. The van der Waals surface area contributed by atoms with Gasteiger partial charge in [-0.05, 0) is 61.6 Å². The molecule has 1 aliphatic carbocycles. The van der Waals surface area contributed by atoms with E-state index in [4.69, 9.17) is 18.3 Å². The van der Waals surface area contributed by atoms with Gasteiger partial charge in [0.2, 0.25) is 0 Å². The summed E-state index contributed by atoms with van der Waals surface area (Å²) in [6, 6.07) is 6.54. The Morgan fingerprint density at radius 3 is 2.27 bits per heavy atom. The van der Waals surface area contributed by atoms with Crippen LogP contribution in [0.15, 0.2) is 18.2 Å². The lowest BCUT2D eigenvalue weighted by molar-refractivity contribution is -0.143. The van der Waals surface area contributed by atoms with Gasteiger partial charge in [-0.2, -0.15) is 0 Å². The molecule has 1 saturated carbocycles. The number of carbonyl (C=O) groups excluding carboxylic acids is 1. The van der Waals surface area contributed by atoms with Crippen molar-refractivity contribution < 1.29 is 23.1 Å². The molecule has 1 aliphatic heterocycles. The van der Waals surface area contributed by atoms with Crippen molar-refractivity contribution in [3.8, 4) is 5.75 Å². The summed E-state index contributed by atoms with van der Waals surface area (Å²) in [5.41, 5.74) is 2.49. The van der Waals surface area contributed by atoms with Crippen LogP contribution in [0.4, 0.5) is 0 Å². The van der Waals surface area contributed by atoms with E-state index in [1.165, 1.54) is 11.1 Å². The second-order valence-corrected chi connectivity index (χ2v) is 23.6. The highest BCUT2D eigenvalue weighted by molar-refractivity contribution is 6.74. The van der Waals surface area contributed by atoms with Gasteiger partial charge in [-0.25, -0.2) is 0 Å². The first-order valence-electron chi connectivity index (χ1n) is 14.2. The number of hydrogen-bond donors (Lipinski definition) is 0. The smallest absolute Gasteiger partial charge is 0.305 e. The second-order valence-electron chi connectivity index (χ2n) is 14.1. The Hall–Kier alpha value is -1.16. The largest absolute Gasteiger partial charge is 0.489 e. The molecule has 1 aromatic rings. The van der Waals surface area contributed by atoms with Crippen molar-refractivity contribution in [1.29, 1.82) is 0 Å². The topological polar surface area (TPSA) is 54.0 Å². The van der Waals surface area contributed by atoms with E-state index >= 15 is 0 Å². The molecule has 0 radical (unpaired) electrons. The van der Waals surface area contributed by atoms with Crippen molar-refractivity contribution in [3.05, 3.63) is 29.3 Å². The fraction of sp³-hybridized carbons (Fsp3) is 0.767. The number of esters is 1. The van der Waals surface area contributed by atoms with Crippen LogP contribution >= 0.6 is 0 Å². The van der Waals surface area contributed by atoms with E-state index in [0.29, 0.717) is 19.6 Å². The molecule has 1 aromatic carbocycles. The molecule has 4 atom stereocenters. The molecular weight excluding hydrogens is 496 g/mol. The van der Waals surface area contributed by atoms with Crippen LogP contribution in [0.25, 0.3) is 0 Å². The summed E-state index contributed by atoms with van der Waals surface area (Å²) in [5.74, 6) is 1.45. The average Bonchev–Trinajstić information content (AvgIpc) is 3.26. The lowest BCUT2D eigenvalue weighted by Gasteiger charge is -2.42. The molecule has 0 amide bonds. The third-order valence-corrected chi connectivity index (χ3v) is 18.4. The van der Waals surface area contributed by atoms with Gasteiger partial charge in [0.1, 0.15) is 11.9 Å². The number of hydrogen-bond acceptors (Lipinski definition) is 5. The van der Waals surface area contributed by atoms with E-state index in [1.807, 2.05) is 6.92 Å². The Bertz CT molecular complexity index is 944. The van der Waals surface area contributed by atoms with Crippen molar-refractivity contribution in [1.82, 2.24) is 0 Å². The van der Waals surface area contributed by atoms with Crippen LogP contribution in [0.5, 0.6) is 5.75 Å². The number of ether oxygens (including phenoxy) is 2. The minimum Gasteiger partial charge on any atom is -0.489 e. The summed E-state index contributed by atoms with van der Waals surface area (Å²) in [7, 11) is -3.86. The number of para-hydroxylation sites is 1. The predicted octanol–water partition coefficient (Wildman–Crippen LogP) is 7.85. The number of carbonyl (C=O) groups is 1. The van der Waals surface area contributed by atoms with E-state index in [9.17, 15) is 4.79 Å². The molecular formula is C30H52O5Si2. The highest BCUT2D eigenvalue weighted by Crippen LogP contribution is 2.54. The Morgan fingerprint density at radius 2 is 1.68 bits per heavy atom. The van der Waals surface area contributed by atoms with Gasteiger partial charge < -0.3 is 18.3 Å². The number of fused-ring (bicyclic) bond motifs is 3. The van der Waals surface area contributed by atoms with Crippen molar-refractivity contribution in [3.63, 3.8) is 0 Å². The van der Waals surface area contributed by atoms with Gasteiger partial charge in [0, 0.05) is 36.8 Å². The van der Waals surface area contributed by atoms with Crippen molar-refractivity contribution in [2.24, 2.45) is 5.92 Å². The van der Waals surface area contributed by atoms with Crippen LogP contribution in [0.2, 0.25) is 36.3 Å². The highest BCUT2D eigenvalue weighted by Gasteiger charge is 2.54. The average molecular weight is 549 g/mol. The van der Waals surface area contributed by atoms with Gasteiger partial charge in [-0.15, -0.1) is 0 Å². The second kappa shape index (κ2) is 11.1. The first-order valence-corrected chi connectivity index (χ1v) is 20.1. The van der Waals surface area contributed by atoms with Gasteiger partial charge in [0.15, 0.2) is 16.6 Å². The Labute approximate surface area is 228 Å². The molecule has 5 nitrogen and oxygen atoms in total. The summed E-state index contributed by atoms with van der Waals surface area (Å²) in [6.07, 6.45) is 3.18. The van der Waals surface area contributed by atoms with Crippen molar-refractivity contribution in [2.75, 3.05) is 13.2 Å². The molecule has 0 saturated heterocycles. The maximum Gasteiger partial charge on any atom is 0.305 e. The van der Waals surface area contributed by atoms with Crippen LogP contribution in [-0.4, -0.2) is 48.0 Å². The van der Waals surface area contributed by atoms with Crippen LogP contribution in [0.1, 0.15) is 84.8 Å². The van der Waals surface area contributed by atoms with Crippen LogP contribution < -0.4 is 4.74 Å². The van der Waals surface area contributed by atoms with Gasteiger partial charge in [-0.1, -0.05) is 59.7 Å². The Morgan fingerprint density at radius 1 is 1.03 bits per heavy atom. The molecule has 1 heterocycles. The normalized spacial score (nSPS) is 24.0. The lowest BCUT2D eigenvalue weighted by atomic mass is 9.87. The van der Waals surface area contributed by atoms with Gasteiger partial charge in [0.05, 0.1) is 12.7 Å². The van der Waals surface area contributed by atoms with Crippen LogP contribution in [0.3, 0.4) is 0 Å². The standard InChI is InChI=1S/C30H52O5Si2/c1-12-32-26(31)18-14-16-21-15-13-17-22-27-23(20-33-36(8,9)29(2,3)4)24(19-25(27)34-28(21)22)35-37(10,11)30(5,6)7/h13,15,17,23-25,27H,12,14,16,18-20H2,1-11H3/t23-,24?,25-,27+/m0/s1. The zero-order valence-electron chi connectivity index (χ0n) is 25.3. The molecule has 1 fully saturated rings. The third kappa shape index (κ3) is 6.71. The maximum atomic E-state index is 11.8. The first-order chi connectivity index (χ1) is 17.0. The fourth-order valence-electron chi connectivity index (χ4n) is 5.05. The quantitative estimate of drug-likeness (QED) is 0.220. The zero-order chi connectivity index (χ0) is 27.8. The molecule has 0 bridgehead atoms. The fourth-order valence-corrected chi connectivity index (χ4v) is 7.47. The molecule has 7 heteroatoms. The third-order valence-electron chi connectivity index (χ3n) is 9.39. The van der Waals surface area contributed by atoms with Crippen LogP contribution in [0, 0.1) is 5.92 Å². The van der Waals surface area contributed by atoms with Gasteiger partial charge in [0.25, 0.3) is 0 Å². The highest BCUT2D eigenvalue weighted by atomic mass is 28.4. The number of aryl methyl sites for hydroxylation is 1. The number of benzene rings is 1. The molecule has 0 spiro atoms. The monoisotopic (exact) mass is 548 g/mol. The van der Waals surface area contributed by atoms with E-state index in [1.54, 1.807) is 0 Å². The molecule has 37 heavy (non-hydrogen) atoms. The molecule has 0 N–H and O–H groups in total. The minimum atomic E-state index is -1.95. The molecule has 210 valence electrons. The van der Waals surface area contributed by atoms with Gasteiger partial charge >= 0.3 is 5.97 Å². The first kappa shape index (κ1) is 30.4. The Kier molecular flexibility index (Phi) is 9.15. The van der Waals surface area contributed by atoms with Crippen molar-refractivity contribution in [2.45, 2.75) is 129 Å². The Balaban J connectivity index is 1.86. The SMILES string of the molecule is CCOC(=O)CCCc1cccc2c1O[C@H]1CC(O[Si](C)(C)C(C)(C)C)[C@H](CO[Si](C)(C)C(C)(C)C)[C@@H]21. The van der Waals surface area contributed by atoms with Crippen molar-refractivity contribution >= 4 is 22.6 Å². The van der Waals surface area contributed by atoms with E-state index in [0.717, 1.165) is 25.0 Å². The summed E-state index contributed by atoms with van der Waals surface area (Å²) >= 11 is 0. The molecule has 0 aromatic heterocycles. The maximum absolute atomic E-state index is 11.8. The molecule has 3 rings (SSSR count). The predicted molar refractivity (Wildman–Crippen MR) is 156 cm³/mol. The zero-order valence-corrected chi connectivity index (χ0v) is 27.3. The lowest BCUT2D eigenvalue weighted by Crippen LogP contribution is -2.47. The summed E-state index contributed by atoms with van der Waals surface area (Å²) in [4.78, 5) is 11.8. The molecule has 1 unspecified atom stereocenters. The van der Waals surface area contributed by atoms with Gasteiger partial charge in [-0.3, -0.25) is 4.79 Å². The molecule has 2 aliphatic rings. The van der Waals surface area contributed by atoms with E-state index in [-0.39, 0.29) is 40.1 Å². The number of rotatable bonds is 10. The summed E-state index contributed by atoms with van der Waals surface area (Å²) in [5, 5.41) is 0.317. The van der Waals surface area contributed by atoms with Crippen LogP contribution in [-0.2, 0) is 24.8 Å².